The normalized spacial score (nSPS) is 18.2. The fourth-order valence-corrected chi connectivity index (χ4v) is 2.46. The van der Waals surface area contributed by atoms with Gasteiger partial charge in [0.25, 0.3) is 0 Å². The van der Waals surface area contributed by atoms with Crippen LogP contribution in [0.1, 0.15) is 33.0 Å². The van der Waals surface area contributed by atoms with Crippen LogP contribution in [0.15, 0.2) is 42.7 Å². The van der Waals surface area contributed by atoms with Gasteiger partial charge in [-0.25, -0.2) is 0 Å². The molecule has 0 radical (unpaired) electrons. The molecule has 1 atom stereocenters. The predicted octanol–water partition coefficient (Wildman–Crippen LogP) is 2.91. The zero-order valence-corrected chi connectivity index (χ0v) is 9.68. The van der Waals surface area contributed by atoms with Crippen molar-refractivity contribution in [2.24, 2.45) is 0 Å². The number of ketones is 1. The van der Waals surface area contributed by atoms with E-state index in [1.54, 1.807) is 12.4 Å². The average Bonchev–Trinajstić information content (AvgIpc) is 2.68. The summed E-state index contributed by atoms with van der Waals surface area (Å²) in [6.07, 6.45) is 4.31. The maximum atomic E-state index is 12.3. The third-order valence-electron chi connectivity index (χ3n) is 3.38. The van der Waals surface area contributed by atoms with Gasteiger partial charge in [0.15, 0.2) is 5.78 Å². The van der Waals surface area contributed by atoms with E-state index in [1.807, 2.05) is 25.1 Å². The third kappa shape index (κ3) is 1.66. The van der Waals surface area contributed by atoms with Crippen molar-refractivity contribution in [3.63, 3.8) is 0 Å². The number of aryl methyl sites for hydroxylation is 1. The summed E-state index contributed by atoms with van der Waals surface area (Å²) in [7, 11) is 0. The van der Waals surface area contributed by atoms with Crippen molar-refractivity contribution in [1.82, 2.24) is 4.98 Å². The summed E-state index contributed by atoms with van der Waals surface area (Å²) in [4.78, 5) is 16.3. The van der Waals surface area contributed by atoms with Crippen LogP contribution in [0.5, 0.6) is 0 Å². The van der Waals surface area contributed by atoms with E-state index in [-0.39, 0.29) is 11.7 Å². The van der Waals surface area contributed by atoms with Crippen molar-refractivity contribution in [2.45, 2.75) is 19.3 Å². The van der Waals surface area contributed by atoms with E-state index in [2.05, 4.69) is 17.1 Å². The molecule has 1 aromatic heterocycles. The highest BCUT2D eigenvalue weighted by atomic mass is 16.1. The third-order valence-corrected chi connectivity index (χ3v) is 3.38. The summed E-state index contributed by atoms with van der Waals surface area (Å²) in [5, 5.41) is 0. The molecule has 1 aromatic carbocycles. The lowest BCUT2D eigenvalue weighted by molar-refractivity contribution is 0.0973. The van der Waals surface area contributed by atoms with Crippen LogP contribution in [-0.4, -0.2) is 10.8 Å². The van der Waals surface area contributed by atoms with Crippen LogP contribution in [0.4, 0.5) is 0 Å². The molecule has 2 heteroatoms. The minimum absolute atomic E-state index is 0.0187. The Kier molecular flexibility index (Phi) is 2.29. The Morgan fingerprint density at radius 3 is 2.71 bits per heavy atom. The van der Waals surface area contributed by atoms with Gasteiger partial charge in [-0.1, -0.05) is 17.7 Å². The first-order chi connectivity index (χ1) is 8.25. The van der Waals surface area contributed by atoms with Crippen LogP contribution in [-0.2, 0) is 6.42 Å². The van der Waals surface area contributed by atoms with E-state index < -0.39 is 0 Å². The van der Waals surface area contributed by atoms with Crippen molar-refractivity contribution in [3.05, 3.63) is 65.0 Å². The van der Waals surface area contributed by atoms with Crippen molar-refractivity contribution in [3.8, 4) is 0 Å². The quantitative estimate of drug-likeness (QED) is 0.744. The molecule has 1 aliphatic rings. The molecule has 17 heavy (non-hydrogen) atoms. The fraction of sp³-hybridized carbons (Fsp3) is 0.200. The van der Waals surface area contributed by atoms with E-state index in [1.165, 1.54) is 5.56 Å². The number of hydrogen-bond donors (Lipinski definition) is 0. The molecular weight excluding hydrogens is 210 g/mol. The Labute approximate surface area is 100 Å². The van der Waals surface area contributed by atoms with Crippen LogP contribution in [0, 0.1) is 6.92 Å². The van der Waals surface area contributed by atoms with Crippen LogP contribution in [0.2, 0.25) is 0 Å². The summed E-state index contributed by atoms with van der Waals surface area (Å²) in [6.45, 7) is 2.02. The molecule has 0 saturated heterocycles. The number of nitrogens with zero attached hydrogens (tertiary/aromatic N) is 1. The van der Waals surface area contributed by atoms with Crippen molar-refractivity contribution >= 4 is 5.78 Å². The number of Topliss-reactive ketones (excluding diaryl/α,β-unsaturated/α-hetero) is 1. The Balaban J connectivity index is 2.02. The fourth-order valence-electron chi connectivity index (χ4n) is 2.46. The van der Waals surface area contributed by atoms with E-state index in [4.69, 9.17) is 0 Å². The lowest BCUT2D eigenvalue weighted by Gasteiger charge is -2.06. The summed E-state index contributed by atoms with van der Waals surface area (Å²) in [6, 6.07) is 10.0. The monoisotopic (exact) mass is 223 g/mol. The lowest BCUT2D eigenvalue weighted by atomic mass is 9.96. The second kappa shape index (κ2) is 3.81. The van der Waals surface area contributed by atoms with Crippen LogP contribution in [0.25, 0.3) is 0 Å². The van der Waals surface area contributed by atoms with Gasteiger partial charge in [-0.15, -0.1) is 0 Å². The van der Waals surface area contributed by atoms with E-state index >= 15 is 0 Å². The summed E-state index contributed by atoms with van der Waals surface area (Å²) >= 11 is 0. The predicted molar refractivity (Wildman–Crippen MR) is 66.2 cm³/mol. The second-order valence-electron chi connectivity index (χ2n) is 4.56. The van der Waals surface area contributed by atoms with Gasteiger partial charge in [-0.3, -0.25) is 9.78 Å². The van der Waals surface area contributed by atoms with Gasteiger partial charge in [-0.2, -0.15) is 0 Å². The molecule has 0 saturated carbocycles. The topological polar surface area (TPSA) is 30.0 Å². The molecule has 2 aromatic rings. The van der Waals surface area contributed by atoms with Gasteiger partial charge in [-0.05, 0) is 42.7 Å². The van der Waals surface area contributed by atoms with Gasteiger partial charge in [0.2, 0.25) is 0 Å². The molecule has 1 aliphatic carbocycles. The van der Waals surface area contributed by atoms with Crippen molar-refractivity contribution in [1.29, 1.82) is 0 Å². The molecule has 0 bridgehead atoms. The first-order valence-corrected chi connectivity index (χ1v) is 5.79. The van der Waals surface area contributed by atoms with E-state index in [0.717, 1.165) is 23.1 Å². The van der Waals surface area contributed by atoms with Crippen molar-refractivity contribution in [2.75, 3.05) is 0 Å². The van der Waals surface area contributed by atoms with Gasteiger partial charge >= 0.3 is 0 Å². The molecule has 2 nitrogen and oxygen atoms in total. The molecule has 0 fully saturated rings. The van der Waals surface area contributed by atoms with E-state index in [9.17, 15) is 4.79 Å². The molecule has 1 unspecified atom stereocenters. The van der Waals surface area contributed by atoms with E-state index in [0.29, 0.717) is 0 Å². The lowest BCUT2D eigenvalue weighted by Crippen LogP contribution is -2.06. The number of pyridine rings is 1. The molecule has 0 spiro atoms. The minimum Gasteiger partial charge on any atom is -0.293 e. The molecule has 3 rings (SSSR count). The van der Waals surface area contributed by atoms with Crippen LogP contribution in [0.3, 0.4) is 0 Å². The Morgan fingerprint density at radius 1 is 1.18 bits per heavy atom. The molecule has 1 heterocycles. The van der Waals surface area contributed by atoms with Gasteiger partial charge in [0.1, 0.15) is 0 Å². The first-order valence-electron chi connectivity index (χ1n) is 5.79. The maximum Gasteiger partial charge on any atom is 0.170 e. The summed E-state index contributed by atoms with van der Waals surface area (Å²) in [5.74, 6) is 0.227. The van der Waals surface area contributed by atoms with Crippen LogP contribution >= 0.6 is 0 Å². The van der Waals surface area contributed by atoms with Crippen LogP contribution < -0.4 is 0 Å². The highest BCUT2D eigenvalue weighted by Gasteiger charge is 2.31. The van der Waals surface area contributed by atoms with Gasteiger partial charge in [0.05, 0.1) is 5.92 Å². The highest BCUT2D eigenvalue weighted by Crippen LogP contribution is 2.33. The second-order valence-corrected chi connectivity index (χ2v) is 4.56. The Morgan fingerprint density at radius 2 is 1.94 bits per heavy atom. The minimum atomic E-state index is -0.0187. The number of fused-ring (bicyclic) bond motifs is 1. The molecule has 84 valence electrons. The molecule has 0 N–H and O–H groups in total. The summed E-state index contributed by atoms with van der Waals surface area (Å²) in [5.41, 5.74) is 4.28. The Hall–Kier alpha value is -1.96. The highest BCUT2D eigenvalue weighted by molar-refractivity contribution is 6.05. The number of benzene rings is 1. The van der Waals surface area contributed by atoms with Gasteiger partial charge < -0.3 is 0 Å². The number of hydrogen-bond acceptors (Lipinski definition) is 2. The summed E-state index contributed by atoms with van der Waals surface area (Å²) < 4.78 is 0. The van der Waals surface area contributed by atoms with Gasteiger partial charge in [0, 0.05) is 18.0 Å². The number of carbonyl (C=O) groups excluding carboxylic acids is 1. The smallest absolute Gasteiger partial charge is 0.170 e. The Bertz CT molecular complexity index is 575. The van der Waals surface area contributed by atoms with Crippen molar-refractivity contribution < 1.29 is 4.79 Å². The largest absolute Gasteiger partial charge is 0.293 e. The maximum absolute atomic E-state index is 12.3. The first kappa shape index (κ1) is 10.2. The SMILES string of the molecule is Cc1ccc2c(c1)C(=O)C(c1ccncc1)C2. The number of carbonyl (C=O) groups is 1. The standard InChI is InChI=1S/C15H13NO/c1-10-2-3-12-9-14(15(17)13(12)8-10)11-4-6-16-7-5-11/h2-8,14H,9H2,1H3. The number of aromatic nitrogens is 1. The molecule has 0 aliphatic heterocycles. The zero-order chi connectivity index (χ0) is 11.8. The zero-order valence-electron chi connectivity index (χ0n) is 9.68. The molecular formula is C15H13NO. The average molecular weight is 223 g/mol. The number of rotatable bonds is 1. The molecule has 0 amide bonds.